The van der Waals surface area contributed by atoms with Crippen LogP contribution in [0, 0.1) is 0 Å². The van der Waals surface area contributed by atoms with Crippen molar-refractivity contribution in [3.05, 3.63) is 17.7 Å². The van der Waals surface area contributed by atoms with Crippen LogP contribution in [0.25, 0.3) is 0 Å². The first-order valence-corrected chi connectivity index (χ1v) is 6.89. The zero-order valence-corrected chi connectivity index (χ0v) is 13.7. The van der Waals surface area contributed by atoms with E-state index >= 15 is 0 Å². The minimum Gasteiger partial charge on any atom is -0.493 e. The molecule has 23 heavy (non-hydrogen) atoms. The molecule has 1 atom stereocenters. The highest BCUT2D eigenvalue weighted by molar-refractivity contribution is 5.95. The molecule has 0 aliphatic carbocycles. The van der Waals surface area contributed by atoms with Crippen LogP contribution in [0.3, 0.4) is 0 Å². The fraction of sp³-hybridized carbons (Fsp3) is 0.467. The minimum absolute atomic E-state index is 0.157. The molecule has 1 rings (SSSR count). The van der Waals surface area contributed by atoms with Crippen molar-refractivity contribution >= 4 is 11.8 Å². The molecule has 0 heterocycles. The molecule has 0 spiro atoms. The Morgan fingerprint density at radius 2 is 1.74 bits per heavy atom. The Kier molecular flexibility index (Phi) is 7.14. The predicted molar refractivity (Wildman–Crippen MR) is 83.0 cm³/mol. The van der Waals surface area contributed by atoms with Crippen molar-refractivity contribution in [1.82, 2.24) is 5.32 Å². The van der Waals surface area contributed by atoms with Crippen LogP contribution in [-0.2, 0) is 9.53 Å². The predicted octanol–water partition coefficient (Wildman–Crippen LogP) is 0.333. The molecule has 0 unspecified atom stereocenters. The number of primary amides is 1. The number of hydrogen-bond donors (Lipinski definition) is 2. The second-order valence-electron chi connectivity index (χ2n) is 4.79. The minimum atomic E-state index is -0.635. The maximum absolute atomic E-state index is 12.3. The molecule has 1 aromatic carbocycles. The summed E-state index contributed by atoms with van der Waals surface area (Å²) in [5.74, 6) is -0.225. The highest BCUT2D eigenvalue weighted by Gasteiger charge is 2.19. The fourth-order valence-corrected chi connectivity index (χ4v) is 1.90. The van der Waals surface area contributed by atoms with Crippen LogP contribution < -0.4 is 25.3 Å². The van der Waals surface area contributed by atoms with Gasteiger partial charge in [0.05, 0.1) is 20.8 Å². The summed E-state index contributed by atoms with van der Waals surface area (Å²) < 4.78 is 20.7. The van der Waals surface area contributed by atoms with Gasteiger partial charge in [-0.2, -0.15) is 0 Å². The Balaban J connectivity index is 3.07. The Labute approximate surface area is 134 Å². The van der Waals surface area contributed by atoms with Crippen molar-refractivity contribution in [2.45, 2.75) is 13.0 Å². The lowest BCUT2D eigenvalue weighted by atomic mass is 10.1. The maximum Gasteiger partial charge on any atom is 0.255 e. The number of rotatable bonds is 9. The largest absolute Gasteiger partial charge is 0.493 e. The SMILES string of the molecule is COC[C@@H](C)NC(=O)c1cc(OC)c(OCC(N)=O)c(OC)c1. The number of hydrogen-bond acceptors (Lipinski definition) is 6. The first kappa shape index (κ1) is 18.6. The molecule has 1 aromatic rings. The number of nitrogens with one attached hydrogen (secondary N) is 1. The lowest BCUT2D eigenvalue weighted by Gasteiger charge is -2.17. The van der Waals surface area contributed by atoms with E-state index in [9.17, 15) is 9.59 Å². The molecule has 0 bridgehead atoms. The van der Waals surface area contributed by atoms with Crippen molar-refractivity contribution < 1.29 is 28.5 Å². The summed E-state index contributed by atoms with van der Waals surface area (Å²) in [6.07, 6.45) is 0. The van der Waals surface area contributed by atoms with Crippen LogP contribution in [-0.4, -0.2) is 52.4 Å². The topological polar surface area (TPSA) is 109 Å². The standard InChI is InChI=1S/C15H22N2O6/c1-9(7-20-2)17-15(19)10-5-11(21-3)14(12(6-10)22-4)23-8-13(16)18/h5-6,9H,7-8H2,1-4H3,(H2,16,18)(H,17,19)/t9-/m1/s1. The van der Waals surface area contributed by atoms with E-state index in [1.165, 1.54) is 26.4 Å². The Bertz CT molecular complexity index is 536. The van der Waals surface area contributed by atoms with E-state index in [-0.39, 0.29) is 35.8 Å². The molecule has 0 radical (unpaired) electrons. The molecule has 128 valence electrons. The van der Waals surface area contributed by atoms with Crippen LogP contribution in [0.15, 0.2) is 12.1 Å². The van der Waals surface area contributed by atoms with Gasteiger partial charge in [-0.1, -0.05) is 0 Å². The Hall–Kier alpha value is -2.48. The van der Waals surface area contributed by atoms with Gasteiger partial charge in [-0.05, 0) is 19.1 Å². The quantitative estimate of drug-likeness (QED) is 0.677. The van der Waals surface area contributed by atoms with Gasteiger partial charge in [-0.25, -0.2) is 0 Å². The van der Waals surface area contributed by atoms with Crippen molar-refractivity contribution in [3.63, 3.8) is 0 Å². The highest BCUT2D eigenvalue weighted by atomic mass is 16.5. The van der Waals surface area contributed by atoms with Gasteiger partial charge in [0, 0.05) is 18.7 Å². The van der Waals surface area contributed by atoms with E-state index in [4.69, 9.17) is 24.7 Å². The fourth-order valence-electron chi connectivity index (χ4n) is 1.90. The molecule has 8 heteroatoms. The molecular weight excluding hydrogens is 304 g/mol. The van der Waals surface area contributed by atoms with Crippen LogP contribution >= 0.6 is 0 Å². The molecule has 0 aliphatic heterocycles. The maximum atomic E-state index is 12.3. The number of benzene rings is 1. The average molecular weight is 326 g/mol. The number of ether oxygens (including phenoxy) is 4. The molecule has 0 aliphatic rings. The number of carbonyl (C=O) groups is 2. The van der Waals surface area contributed by atoms with Crippen molar-refractivity contribution in [3.8, 4) is 17.2 Å². The van der Waals surface area contributed by atoms with E-state index in [0.717, 1.165) is 0 Å². The summed E-state index contributed by atoms with van der Waals surface area (Å²) in [5.41, 5.74) is 5.39. The van der Waals surface area contributed by atoms with Gasteiger partial charge in [-0.15, -0.1) is 0 Å². The molecule has 3 N–H and O–H groups in total. The third kappa shape index (κ3) is 5.33. The van der Waals surface area contributed by atoms with E-state index in [2.05, 4.69) is 5.32 Å². The third-order valence-corrected chi connectivity index (χ3v) is 2.88. The zero-order chi connectivity index (χ0) is 17.4. The molecule has 0 aromatic heterocycles. The monoisotopic (exact) mass is 326 g/mol. The summed E-state index contributed by atoms with van der Waals surface area (Å²) in [7, 11) is 4.39. The number of amides is 2. The second-order valence-corrected chi connectivity index (χ2v) is 4.79. The van der Waals surface area contributed by atoms with Gasteiger partial charge in [0.15, 0.2) is 18.1 Å². The third-order valence-electron chi connectivity index (χ3n) is 2.88. The second kappa shape index (κ2) is 8.84. The summed E-state index contributed by atoms with van der Waals surface area (Å²) in [4.78, 5) is 23.1. The normalized spacial score (nSPS) is 11.5. The lowest BCUT2D eigenvalue weighted by Crippen LogP contribution is -2.35. The number of nitrogens with two attached hydrogens (primary N) is 1. The first-order chi connectivity index (χ1) is 10.9. The summed E-state index contributed by atoms with van der Waals surface area (Å²) >= 11 is 0. The molecule has 8 nitrogen and oxygen atoms in total. The van der Waals surface area contributed by atoms with Crippen molar-refractivity contribution in [1.29, 1.82) is 0 Å². The van der Waals surface area contributed by atoms with Crippen molar-refractivity contribution in [2.24, 2.45) is 5.73 Å². The van der Waals surface area contributed by atoms with E-state index in [1.807, 2.05) is 6.92 Å². The molecule has 0 saturated carbocycles. The van der Waals surface area contributed by atoms with Gasteiger partial charge in [0.2, 0.25) is 5.75 Å². The highest BCUT2D eigenvalue weighted by Crippen LogP contribution is 2.38. The lowest BCUT2D eigenvalue weighted by molar-refractivity contribution is -0.120. The summed E-state index contributed by atoms with van der Waals surface area (Å²) in [6.45, 7) is 1.88. The van der Waals surface area contributed by atoms with Crippen LogP contribution in [0.2, 0.25) is 0 Å². The van der Waals surface area contributed by atoms with Gasteiger partial charge in [-0.3, -0.25) is 9.59 Å². The van der Waals surface area contributed by atoms with Gasteiger partial charge >= 0.3 is 0 Å². The van der Waals surface area contributed by atoms with E-state index in [0.29, 0.717) is 12.2 Å². The number of carbonyl (C=O) groups excluding carboxylic acids is 2. The van der Waals surface area contributed by atoms with Gasteiger partial charge in [0.1, 0.15) is 0 Å². The molecule has 0 saturated heterocycles. The Morgan fingerprint density at radius 1 is 1.17 bits per heavy atom. The van der Waals surface area contributed by atoms with E-state index in [1.54, 1.807) is 7.11 Å². The summed E-state index contributed by atoms with van der Waals surface area (Å²) in [5, 5.41) is 2.78. The molecular formula is C15H22N2O6. The van der Waals surface area contributed by atoms with Crippen LogP contribution in [0.5, 0.6) is 17.2 Å². The van der Waals surface area contributed by atoms with Gasteiger partial charge in [0.25, 0.3) is 11.8 Å². The smallest absolute Gasteiger partial charge is 0.255 e. The number of methoxy groups -OCH3 is 3. The molecule has 0 fully saturated rings. The van der Waals surface area contributed by atoms with Crippen molar-refractivity contribution in [2.75, 3.05) is 34.5 Å². The average Bonchev–Trinajstić information content (AvgIpc) is 2.51. The zero-order valence-electron chi connectivity index (χ0n) is 13.7. The summed E-state index contributed by atoms with van der Waals surface area (Å²) in [6, 6.07) is 2.83. The van der Waals surface area contributed by atoms with Crippen LogP contribution in [0.4, 0.5) is 0 Å². The van der Waals surface area contributed by atoms with E-state index < -0.39 is 5.91 Å². The van der Waals surface area contributed by atoms with Gasteiger partial charge < -0.3 is 30.0 Å². The molecule has 2 amide bonds. The van der Waals surface area contributed by atoms with Crippen LogP contribution in [0.1, 0.15) is 17.3 Å². The first-order valence-electron chi connectivity index (χ1n) is 6.89. The Morgan fingerprint density at radius 3 is 2.17 bits per heavy atom.